The molecule has 3 N–H and O–H groups in total. The highest BCUT2D eigenvalue weighted by Gasteiger charge is 2.09. The molecular weight excluding hydrogens is 204 g/mol. The van der Waals surface area contributed by atoms with Gasteiger partial charge in [0.15, 0.2) is 0 Å². The van der Waals surface area contributed by atoms with Crippen LogP contribution in [0.4, 0.5) is 0 Å². The lowest BCUT2D eigenvalue weighted by Crippen LogP contribution is -2.26. The predicted octanol–water partition coefficient (Wildman–Crippen LogP) is 2.32. The van der Waals surface area contributed by atoms with Gasteiger partial charge in [0.05, 0.1) is 10.4 Å². The van der Waals surface area contributed by atoms with Gasteiger partial charge in [0, 0.05) is 11.3 Å². The molecule has 0 amide bonds. The quantitative estimate of drug-likeness (QED) is 0.461. The van der Waals surface area contributed by atoms with Crippen LogP contribution in [0.25, 0.3) is 0 Å². The minimum absolute atomic E-state index is 0.0879. The van der Waals surface area contributed by atoms with E-state index in [1.54, 1.807) is 0 Å². The zero-order chi connectivity index (χ0) is 9.68. The summed E-state index contributed by atoms with van der Waals surface area (Å²) in [4.78, 5) is 1.12. The summed E-state index contributed by atoms with van der Waals surface area (Å²) in [6.45, 7) is 1.81. The third-order valence-electron chi connectivity index (χ3n) is 1.62. The topological polar surface area (TPSA) is 38.0 Å². The van der Waals surface area contributed by atoms with Gasteiger partial charge in [-0.25, -0.2) is 0 Å². The van der Waals surface area contributed by atoms with Gasteiger partial charge in [-0.05, 0) is 19.1 Å². The number of hydrogen-bond acceptors (Lipinski definition) is 3. The van der Waals surface area contributed by atoms with Gasteiger partial charge in [0.2, 0.25) is 0 Å². The van der Waals surface area contributed by atoms with Crippen LogP contribution in [0.1, 0.15) is 24.3 Å². The van der Waals surface area contributed by atoms with Crippen LogP contribution in [0.15, 0.2) is 12.1 Å². The first kappa shape index (κ1) is 10.6. The Morgan fingerprint density at radius 1 is 1.69 bits per heavy atom. The van der Waals surface area contributed by atoms with Crippen molar-refractivity contribution in [3.8, 4) is 11.8 Å². The van der Waals surface area contributed by atoms with E-state index in [1.165, 1.54) is 11.3 Å². The molecule has 0 saturated carbocycles. The van der Waals surface area contributed by atoms with E-state index in [1.807, 2.05) is 19.1 Å². The van der Waals surface area contributed by atoms with Gasteiger partial charge in [-0.15, -0.1) is 23.2 Å². The molecule has 1 aromatic rings. The summed E-state index contributed by atoms with van der Waals surface area (Å²) < 4.78 is 0.778. The molecule has 70 valence electrons. The summed E-state index contributed by atoms with van der Waals surface area (Å²) in [6, 6.07) is 3.92. The number of rotatable bonds is 3. The highest BCUT2D eigenvalue weighted by Crippen LogP contribution is 2.27. The Balaban J connectivity index is 2.70. The molecular formula is C9H11ClN2S. The Hall–Kier alpha value is -0.530. The van der Waals surface area contributed by atoms with Crippen molar-refractivity contribution in [2.75, 3.05) is 0 Å². The van der Waals surface area contributed by atoms with Crippen molar-refractivity contribution in [2.45, 2.75) is 19.4 Å². The molecule has 1 rings (SSSR count). The first-order chi connectivity index (χ1) is 6.27. The maximum Gasteiger partial charge on any atom is 0.0931 e. The minimum atomic E-state index is 0.0879. The van der Waals surface area contributed by atoms with E-state index in [9.17, 15) is 0 Å². The predicted molar refractivity (Wildman–Crippen MR) is 57.5 cm³/mol. The molecule has 0 fully saturated rings. The molecule has 0 aliphatic carbocycles. The number of hydrogen-bond donors (Lipinski definition) is 2. The second kappa shape index (κ2) is 5.25. The molecule has 0 saturated heterocycles. The smallest absolute Gasteiger partial charge is 0.0931 e. The Morgan fingerprint density at radius 2 is 2.46 bits per heavy atom. The normalized spacial score (nSPS) is 11.9. The van der Waals surface area contributed by atoms with E-state index in [4.69, 9.17) is 17.4 Å². The van der Waals surface area contributed by atoms with Crippen molar-refractivity contribution in [3.05, 3.63) is 21.3 Å². The largest absolute Gasteiger partial charge is 0.271 e. The van der Waals surface area contributed by atoms with Crippen LogP contribution in [0, 0.1) is 11.8 Å². The van der Waals surface area contributed by atoms with E-state index in [-0.39, 0.29) is 6.04 Å². The van der Waals surface area contributed by atoms with Gasteiger partial charge in [-0.1, -0.05) is 11.6 Å². The van der Waals surface area contributed by atoms with Crippen molar-refractivity contribution in [1.29, 1.82) is 0 Å². The lowest BCUT2D eigenvalue weighted by atomic mass is 10.2. The molecule has 1 atom stereocenters. The lowest BCUT2D eigenvalue weighted by molar-refractivity contribution is 0.577. The number of thiophene rings is 1. The van der Waals surface area contributed by atoms with E-state index < -0.39 is 0 Å². The van der Waals surface area contributed by atoms with Gasteiger partial charge in [-0.3, -0.25) is 11.3 Å². The van der Waals surface area contributed by atoms with Crippen LogP contribution in [0.2, 0.25) is 4.34 Å². The fourth-order valence-corrected chi connectivity index (χ4v) is 2.08. The van der Waals surface area contributed by atoms with Gasteiger partial charge in [0.25, 0.3) is 0 Å². The molecule has 13 heavy (non-hydrogen) atoms. The maximum atomic E-state index is 5.81. The van der Waals surface area contributed by atoms with Crippen molar-refractivity contribution in [2.24, 2.45) is 5.84 Å². The highest BCUT2D eigenvalue weighted by molar-refractivity contribution is 7.16. The van der Waals surface area contributed by atoms with Gasteiger partial charge >= 0.3 is 0 Å². The third-order valence-corrected chi connectivity index (χ3v) is 2.97. The Bertz CT molecular complexity index is 324. The first-order valence-electron chi connectivity index (χ1n) is 3.89. The zero-order valence-corrected chi connectivity index (χ0v) is 8.88. The van der Waals surface area contributed by atoms with E-state index in [0.29, 0.717) is 6.42 Å². The number of hydrazine groups is 1. The van der Waals surface area contributed by atoms with Crippen molar-refractivity contribution >= 4 is 22.9 Å². The Morgan fingerprint density at radius 3 is 2.92 bits per heavy atom. The first-order valence-corrected chi connectivity index (χ1v) is 5.08. The number of nitrogens with two attached hydrogens (primary N) is 1. The zero-order valence-electron chi connectivity index (χ0n) is 7.30. The summed E-state index contributed by atoms with van der Waals surface area (Å²) in [7, 11) is 0. The molecule has 1 aromatic heterocycles. The summed E-state index contributed by atoms with van der Waals surface area (Å²) in [5, 5.41) is 0. The summed E-state index contributed by atoms with van der Waals surface area (Å²) in [6.07, 6.45) is 0.712. The van der Waals surface area contributed by atoms with Crippen molar-refractivity contribution in [3.63, 3.8) is 0 Å². The summed E-state index contributed by atoms with van der Waals surface area (Å²) in [5.74, 6) is 11.2. The van der Waals surface area contributed by atoms with E-state index in [0.717, 1.165) is 9.21 Å². The standard InChI is InChI=1S/C9H11ClN2S/c1-2-3-4-7(12-11)8-5-6-9(10)13-8/h5-7,12H,4,11H2,1H3. The highest BCUT2D eigenvalue weighted by atomic mass is 35.5. The monoisotopic (exact) mass is 214 g/mol. The second-order valence-electron chi connectivity index (χ2n) is 2.49. The van der Waals surface area contributed by atoms with Crippen LogP contribution < -0.4 is 11.3 Å². The Labute approximate surface area is 87.1 Å². The van der Waals surface area contributed by atoms with Crippen LogP contribution >= 0.6 is 22.9 Å². The molecule has 0 aliphatic heterocycles. The van der Waals surface area contributed by atoms with Crippen molar-refractivity contribution in [1.82, 2.24) is 5.43 Å². The molecule has 1 unspecified atom stereocenters. The SMILES string of the molecule is CC#CCC(NN)c1ccc(Cl)s1. The average molecular weight is 215 g/mol. The summed E-state index contributed by atoms with van der Waals surface area (Å²) >= 11 is 7.34. The molecule has 0 radical (unpaired) electrons. The van der Waals surface area contributed by atoms with Gasteiger partial charge in [-0.2, -0.15) is 0 Å². The maximum absolute atomic E-state index is 5.81. The van der Waals surface area contributed by atoms with Crippen LogP contribution in [0.5, 0.6) is 0 Å². The lowest BCUT2D eigenvalue weighted by Gasteiger charge is -2.09. The molecule has 0 aromatic carbocycles. The number of nitrogens with one attached hydrogen (secondary N) is 1. The minimum Gasteiger partial charge on any atom is -0.271 e. The molecule has 1 heterocycles. The molecule has 2 nitrogen and oxygen atoms in total. The van der Waals surface area contributed by atoms with Crippen molar-refractivity contribution < 1.29 is 0 Å². The second-order valence-corrected chi connectivity index (χ2v) is 4.24. The van der Waals surface area contributed by atoms with Gasteiger partial charge < -0.3 is 0 Å². The average Bonchev–Trinajstić information content (AvgIpc) is 2.54. The fourth-order valence-electron chi connectivity index (χ4n) is 0.961. The fraction of sp³-hybridized carbons (Fsp3) is 0.333. The summed E-state index contributed by atoms with van der Waals surface area (Å²) in [5.41, 5.74) is 2.72. The number of halogens is 1. The van der Waals surface area contributed by atoms with Crippen LogP contribution in [-0.4, -0.2) is 0 Å². The molecule has 0 aliphatic rings. The molecule has 0 bridgehead atoms. The molecule has 0 spiro atoms. The van der Waals surface area contributed by atoms with E-state index in [2.05, 4.69) is 17.3 Å². The Kier molecular flexibility index (Phi) is 4.26. The van der Waals surface area contributed by atoms with Crippen LogP contribution in [-0.2, 0) is 0 Å². The van der Waals surface area contributed by atoms with Gasteiger partial charge in [0.1, 0.15) is 0 Å². The van der Waals surface area contributed by atoms with Crippen LogP contribution in [0.3, 0.4) is 0 Å². The third kappa shape index (κ3) is 3.02. The van der Waals surface area contributed by atoms with E-state index >= 15 is 0 Å². The molecule has 4 heteroatoms.